The van der Waals surface area contributed by atoms with Crippen molar-refractivity contribution in [3.63, 3.8) is 0 Å². The van der Waals surface area contributed by atoms with Crippen LogP contribution in [0.4, 0.5) is 0 Å². The number of halogens is 1. The summed E-state index contributed by atoms with van der Waals surface area (Å²) in [6.07, 6.45) is 4.20. The van der Waals surface area contributed by atoms with Crippen molar-refractivity contribution in [3.05, 3.63) is 48.2 Å². The van der Waals surface area contributed by atoms with Crippen LogP contribution in [-0.2, 0) is 9.59 Å². The number of carbonyl (C=O) groups is 3. The molecule has 2 aliphatic carbocycles. The topological polar surface area (TPSA) is 85.4 Å². The molecular weight excluding hydrogens is 472 g/mol. The summed E-state index contributed by atoms with van der Waals surface area (Å²) in [7, 11) is 0. The van der Waals surface area contributed by atoms with Gasteiger partial charge in [0.1, 0.15) is 17.0 Å². The molecule has 168 valence electrons. The second-order valence-electron chi connectivity index (χ2n) is 8.90. The fourth-order valence-corrected chi connectivity index (χ4v) is 4.90. The van der Waals surface area contributed by atoms with Crippen molar-refractivity contribution in [2.24, 2.45) is 11.8 Å². The van der Waals surface area contributed by atoms with Crippen molar-refractivity contribution in [2.75, 3.05) is 5.33 Å². The van der Waals surface area contributed by atoms with E-state index in [0.717, 1.165) is 17.4 Å². The third-order valence-electron chi connectivity index (χ3n) is 6.66. The number of nitrogens with zero attached hydrogens (tertiary/aromatic N) is 1. The van der Waals surface area contributed by atoms with Crippen LogP contribution in [0, 0.1) is 18.8 Å². The molecule has 0 spiro atoms. The van der Waals surface area contributed by atoms with Crippen molar-refractivity contribution < 1.29 is 19.1 Å². The summed E-state index contributed by atoms with van der Waals surface area (Å²) in [6, 6.07) is 7.57. The number of benzene rings is 1. The van der Waals surface area contributed by atoms with Gasteiger partial charge in [0.15, 0.2) is 11.6 Å². The Bertz CT molecular complexity index is 1110. The van der Waals surface area contributed by atoms with Gasteiger partial charge in [0, 0.05) is 23.3 Å². The zero-order chi connectivity index (χ0) is 23.0. The zero-order valence-electron chi connectivity index (χ0n) is 18.3. The average Bonchev–Trinajstić information content (AvgIpc) is 3.29. The molecule has 1 aromatic heterocycles. The third-order valence-corrected chi connectivity index (χ3v) is 7.17. The molecule has 4 rings (SSSR count). The van der Waals surface area contributed by atoms with E-state index in [-0.39, 0.29) is 40.7 Å². The molecule has 0 saturated heterocycles. The second-order valence-corrected chi connectivity index (χ2v) is 9.46. The molecule has 2 aromatic rings. The van der Waals surface area contributed by atoms with Gasteiger partial charge < -0.3 is 10.1 Å². The third kappa shape index (κ3) is 4.22. The van der Waals surface area contributed by atoms with E-state index in [1.54, 1.807) is 12.1 Å². The van der Waals surface area contributed by atoms with E-state index in [4.69, 9.17) is 4.74 Å². The van der Waals surface area contributed by atoms with Gasteiger partial charge in [-0.1, -0.05) is 28.1 Å². The van der Waals surface area contributed by atoms with Gasteiger partial charge in [0.05, 0.1) is 17.0 Å². The van der Waals surface area contributed by atoms with Crippen LogP contribution in [0.2, 0.25) is 0 Å². The normalized spacial score (nSPS) is 26.5. The Balaban J connectivity index is 1.50. The number of carbonyl (C=O) groups excluding carboxylic acids is 3. The molecule has 1 N–H and O–H groups in total. The van der Waals surface area contributed by atoms with Crippen molar-refractivity contribution in [3.8, 4) is 5.75 Å². The molecule has 0 aliphatic heterocycles. The van der Waals surface area contributed by atoms with Crippen LogP contribution in [0.5, 0.6) is 5.75 Å². The highest BCUT2D eigenvalue weighted by atomic mass is 79.9. The standard InChI is InChI=1S/C25H27BrN2O4/c1-4-17-12-25(17,15(3)29)28-24(31)16-6-7-18(10-16)32-23-11-21(22(30)13-26)27-20-9-14(2)5-8-19(20)23/h4-5,8-9,11,16-18H,1,6-7,10,12-13H2,2-3H3,(H,28,31)/t16-,17-,18-,25-/m0/s1. The number of amides is 1. The SMILES string of the molecule is C=C[C@H]1C[C@]1(NC(=O)[C@H]1CC[C@H](Oc2cc(C(=O)CBr)nc3cc(C)ccc23)C1)C(C)=O. The average molecular weight is 499 g/mol. The summed E-state index contributed by atoms with van der Waals surface area (Å²) < 4.78 is 6.31. The smallest absolute Gasteiger partial charge is 0.224 e. The quantitative estimate of drug-likeness (QED) is 0.332. The van der Waals surface area contributed by atoms with Crippen LogP contribution in [0.1, 0.15) is 48.7 Å². The summed E-state index contributed by atoms with van der Waals surface area (Å²) in [5.74, 6) is 0.179. The molecule has 0 bridgehead atoms. The van der Waals surface area contributed by atoms with E-state index in [1.165, 1.54) is 6.92 Å². The van der Waals surface area contributed by atoms with E-state index < -0.39 is 5.54 Å². The molecular formula is C25H27BrN2O4. The molecule has 32 heavy (non-hydrogen) atoms. The summed E-state index contributed by atoms with van der Waals surface area (Å²) in [4.78, 5) is 41.7. The van der Waals surface area contributed by atoms with Crippen molar-refractivity contribution in [1.82, 2.24) is 10.3 Å². The summed E-state index contributed by atoms with van der Waals surface area (Å²) in [5, 5.41) is 4.02. The minimum Gasteiger partial charge on any atom is -0.490 e. The summed E-state index contributed by atoms with van der Waals surface area (Å²) >= 11 is 3.21. The van der Waals surface area contributed by atoms with E-state index in [9.17, 15) is 14.4 Å². The van der Waals surface area contributed by atoms with Gasteiger partial charge in [-0.3, -0.25) is 14.4 Å². The first-order valence-electron chi connectivity index (χ1n) is 10.9. The van der Waals surface area contributed by atoms with E-state index >= 15 is 0 Å². The number of rotatable bonds is 8. The number of ketones is 2. The van der Waals surface area contributed by atoms with E-state index in [2.05, 4.69) is 32.8 Å². The van der Waals surface area contributed by atoms with Crippen LogP contribution < -0.4 is 10.1 Å². The summed E-state index contributed by atoms with van der Waals surface area (Å²) in [5.41, 5.74) is 1.35. The molecule has 2 aliphatic rings. The Kier molecular flexibility index (Phi) is 6.21. The van der Waals surface area contributed by atoms with E-state index in [0.29, 0.717) is 36.2 Å². The van der Waals surface area contributed by atoms with Crippen LogP contribution in [0.25, 0.3) is 10.9 Å². The van der Waals surface area contributed by atoms with Crippen LogP contribution in [-0.4, -0.2) is 39.4 Å². The Morgan fingerprint density at radius 1 is 1.31 bits per heavy atom. The Morgan fingerprint density at radius 3 is 2.75 bits per heavy atom. The molecule has 1 amide bonds. The number of aromatic nitrogens is 1. The van der Waals surface area contributed by atoms with Gasteiger partial charge in [0.2, 0.25) is 5.91 Å². The largest absolute Gasteiger partial charge is 0.490 e. The lowest BCUT2D eigenvalue weighted by Gasteiger charge is -2.19. The lowest BCUT2D eigenvalue weighted by Crippen LogP contribution is -2.46. The molecule has 0 radical (unpaired) electrons. The van der Waals surface area contributed by atoms with E-state index in [1.807, 2.05) is 25.1 Å². The molecule has 2 fully saturated rings. The molecule has 6 nitrogen and oxygen atoms in total. The maximum Gasteiger partial charge on any atom is 0.224 e. The predicted molar refractivity (Wildman–Crippen MR) is 126 cm³/mol. The Morgan fingerprint density at radius 2 is 2.09 bits per heavy atom. The number of aryl methyl sites for hydroxylation is 1. The van der Waals surface area contributed by atoms with Gasteiger partial charge in [-0.15, -0.1) is 6.58 Å². The lowest BCUT2D eigenvalue weighted by atomic mass is 10.0. The summed E-state index contributed by atoms with van der Waals surface area (Å²) in [6.45, 7) is 7.26. The molecule has 4 atom stereocenters. The van der Waals surface area contributed by atoms with Crippen LogP contribution in [0.15, 0.2) is 36.9 Å². The van der Waals surface area contributed by atoms with Crippen molar-refractivity contribution in [1.29, 1.82) is 0 Å². The first-order chi connectivity index (χ1) is 15.3. The molecule has 1 aromatic carbocycles. The minimum atomic E-state index is -0.776. The number of fused-ring (bicyclic) bond motifs is 1. The molecule has 1 heterocycles. The number of pyridine rings is 1. The van der Waals surface area contributed by atoms with Gasteiger partial charge in [0.25, 0.3) is 0 Å². The van der Waals surface area contributed by atoms with Crippen LogP contribution >= 0.6 is 15.9 Å². The number of hydrogen-bond acceptors (Lipinski definition) is 5. The Hall–Kier alpha value is -2.54. The highest BCUT2D eigenvalue weighted by molar-refractivity contribution is 9.09. The number of alkyl halides is 1. The zero-order valence-corrected chi connectivity index (χ0v) is 19.9. The minimum absolute atomic E-state index is 0.00873. The van der Waals surface area contributed by atoms with Crippen LogP contribution in [0.3, 0.4) is 0 Å². The number of nitrogens with one attached hydrogen (secondary N) is 1. The number of Topliss-reactive ketones (excluding diaryl/α,β-unsaturated/α-hetero) is 2. The van der Waals surface area contributed by atoms with Gasteiger partial charge >= 0.3 is 0 Å². The second kappa shape index (κ2) is 8.77. The van der Waals surface area contributed by atoms with Crippen molar-refractivity contribution in [2.45, 2.75) is 51.2 Å². The first-order valence-corrected chi connectivity index (χ1v) is 12.0. The molecule has 7 heteroatoms. The molecule has 0 unspecified atom stereocenters. The maximum atomic E-state index is 12.9. The predicted octanol–water partition coefficient (Wildman–Crippen LogP) is 4.32. The highest BCUT2D eigenvalue weighted by Gasteiger charge is 2.58. The lowest BCUT2D eigenvalue weighted by molar-refractivity contribution is -0.130. The van der Waals surface area contributed by atoms with Gasteiger partial charge in [-0.05, 0) is 57.2 Å². The number of hydrogen-bond donors (Lipinski definition) is 1. The van der Waals surface area contributed by atoms with Gasteiger partial charge in [-0.25, -0.2) is 4.98 Å². The van der Waals surface area contributed by atoms with Gasteiger partial charge in [-0.2, -0.15) is 0 Å². The highest BCUT2D eigenvalue weighted by Crippen LogP contribution is 2.45. The Labute approximate surface area is 195 Å². The monoisotopic (exact) mass is 498 g/mol. The number of ether oxygens (including phenoxy) is 1. The van der Waals surface area contributed by atoms with Crippen molar-refractivity contribution >= 4 is 44.3 Å². The first kappa shape index (κ1) is 22.6. The fraction of sp³-hybridized carbons (Fsp3) is 0.440. The molecule has 2 saturated carbocycles. The fourth-order valence-electron chi connectivity index (χ4n) is 4.61. The maximum absolute atomic E-state index is 12.9.